The first-order chi connectivity index (χ1) is 6.06. The van der Waals surface area contributed by atoms with Gasteiger partial charge in [-0.3, -0.25) is 15.1 Å². The predicted octanol–water partition coefficient (Wildman–Crippen LogP) is -0.611. The number of hydrogen-bond donors (Lipinski definition) is 2. The molecule has 0 aromatic heterocycles. The van der Waals surface area contributed by atoms with Crippen LogP contribution in [0.25, 0.3) is 0 Å². The highest BCUT2D eigenvalue weighted by atomic mass is 16.1. The van der Waals surface area contributed by atoms with E-state index in [1.54, 1.807) is 0 Å². The van der Waals surface area contributed by atoms with Crippen LogP contribution in [0.5, 0.6) is 0 Å². The summed E-state index contributed by atoms with van der Waals surface area (Å²) in [5.74, 6) is 0.00194. The third kappa shape index (κ3) is 7.27. The molecule has 0 fully saturated rings. The van der Waals surface area contributed by atoms with Crippen LogP contribution in [-0.4, -0.2) is 43.4 Å². The molecular weight excluding hydrogens is 168 g/mol. The molecule has 13 heavy (non-hydrogen) atoms. The predicted molar refractivity (Wildman–Crippen MR) is 53.5 cm³/mol. The average molecular weight is 186 g/mol. The summed E-state index contributed by atoms with van der Waals surface area (Å²) >= 11 is 0. The van der Waals surface area contributed by atoms with Gasteiger partial charge >= 0.3 is 0 Å². The van der Waals surface area contributed by atoms with Crippen LogP contribution in [0.2, 0.25) is 0 Å². The summed E-state index contributed by atoms with van der Waals surface area (Å²) in [6.07, 6.45) is 0. The molecule has 0 aliphatic heterocycles. The van der Waals surface area contributed by atoms with Crippen molar-refractivity contribution in [2.24, 2.45) is 10.7 Å². The molecule has 5 nitrogen and oxygen atoms in total. The molecule has 76 valence electrons. The highest BCUT2D eigenvalue weighted by Crippen LogP contribution is 1.80. The molecule has 5 heteroatoms. The normalized spacial score (nSPS) is 11.8. The molecule has 0 heterocycles. The van der Waals surface area contributed by atoms with Crippen molar-refractivity contribution in [3.8, 4) is 0 Å². The van der Waals surface area contributed by atoms with Gasteiger partial charge in [-0.1, -0.05) is 6.92 Å². The molecule has 0 aromatic carbocycles. The third-order valence-electron chi connectivity index (χ3n) is 1.61. The molecule has 1 amide bonds. The Hall–Kier alpha value is -1.10. The summed E-state index contributed by atoms with van der Waals surface area (Å²) in [5.41, 5.74) is 5.40. The highest BCUT2D eigenvalue weighted by molar-refractivity contribution is 5.94. The number of likely N-dealkylation sites (N-methyl/N-ethyl adjacent to an activating group) is 1. The van der Waals surface area contributed by atoms with Gasteiger partial charge < -0.3 is 10.6 Å². The molecule has 0 bridgehead atoms. The molecule has 3 N–H and O–H groups in total. The van der Waals surface area contributed by atoms with Gasteiger partial charge in [0, 0.05) is 13.5 Å². The summed E-state index contributed by atoms with van der Waals surface area (Å²) < 4.78 is 0. The van der Waals surface area contributed by atoms with Gasteiger partial charge in [-0.2, -0.15) is 0 Å². The maximum atomic E-state index is 10.5. The summed E-state index contributed by atoms with van der Waals surface area (Å²) in [6.45, 7) is 5.91. The Morgan fingerprint density at radius 2 is 2.23 bits per heavy atom. The van der Waals surface area contributed by atoms with E-state index in [9.17, 15) is 4.79 Å². The summed E-state index contributed by atoms with van der Waals surface area (Å²) in [6, 6.07) is 0. The van der Waals surface area contributed by atoms with Crippen molar-refractivity contribution in [2.75, 3.05) is 26.7 Å². The fraction of sp³-hybridized carbons (Fsp3) is 0.750. The van der Waals surface area contributed by atoms with Crippen LogP contribution in [-0.2, 0) is 4.79 Å². The Bertz CT molecular complexity index is 191. The van der Waals surface area contributed by atoms with E-state index in [1.807, 2.05) is 7.05 Å². The summed E-state index contributed by atoms with van der Waals surface area (Å²) in [5, 5.41) is 2.40. The lowest BCUT2D eigenvalue weighted by Crippen LogP contribution is -2.35. The van der Waals surface area contributed by atoms with Gasteiger partial charge in [-0.25, -0.2) is 0 Å². The van der Waals surface area contributed by atoms with Crippen molar-refractivity contribution in [1.82, 2.24) is 10.2 Å². The Balaban J connectivity index is 3.64. The minimum atomic E-state index is -0.190. The monoisotopic (exact) mass is 186 g/mol. The molecular formula is C8H18N4O. The van der Waals surface area contributed by atoms with E-state index in [1.165, 1.54) is 6.92 Å². The Kier molecular flexibility index (Phi) is 5.88. The number of guanidine groups is 1. The number of nitrogens with one attached hydrogen (secondary N) is 1. The number of hydrogen-bond acceptors (Lipinski definition) is 3. The largest absolute Gasteiger partial charge is 0.370 e. The van der Waals surface area contributed by atoms with Crippen molar-refractivity contribution in [3.05, 3.63) is 0 Å². The van der Waals surface area contributed by atoms with Gasteiger partial charge in [-0.15, -0.1) is 0 Å². The molecule has 0 rings (SSSR count). The maximum Gasteiger partial charge on any atom is 0.223 e. The molecule has 0 aromatic rings. The number of aliphatic imine (C=N–C) groups is 1. The number of nitrogens with zero attached hydrogens (tertiary/aromatic N) is 2. The van der Waals surface area contributed by atoms with Crippen molar-refractivity contribution in [3.63, 3.8) is 0 Å². The molecule has 0 saturated carbocycles. The number of rotatable bonds is 4. The standard InChI is InChI=1S/C8H18N4O/c1-4-12(3)6-5-10-8(9)11-7(2)13/h4-6H2,1-3H3,(H3,9,10,11,13). The van der Waals surface area contributed by atoms with Gasteiger partial charge in [-0.05, 0) is 13.6 Å². The minimum Gasteiger partial charge on any atom is -0.370 e. The number of nitrogens with two attached hydrogens (primary N) is 1. The van der Waals surface area contributed by atoms with Crippen LogP contribution in [0.15, 0.2) is 4.99 Å². The van der Waals surface area contributed by atoms with Crippen molar-refractivity contribution >= 4 is 11.9 Å². The first kappa shape index (κ1) is 11.9. The van der Waals surface area contributed by atoms with Gasteiger partial charge in [0.1, 0.15) is 0 Å². The summed E-state index contributed by atoms with van der Waals surface area (Å²) in [4.78, 5) is 16.6. The Labute approximate surface area is 79.0 Å². The fourth-order valence-corrected chi connectivity index (χ4v) is 0.719. The van der Waals surface area contributed by atoms with Crippen molar-refractivity contribution < 1.29 is 4.79 Å². The third-order valence-corrected chi connectivity index (χ3v) is 1.61. The lowest BCUT2D eigenvalue weighted by Gasteiger charge is -2.11. The van der Waals surface area contributed by atoms with Crippen molar-refractivity contribution in [2.45, 2.75) is 13.8 Å². The molecule has 0 unspecified atom stereocenters. The minimum absolute atomic E-state index is 0.190. The molecule has 0 aliphatic rings. The molecule has 0 saturated heterocycles. The van der Waals surface area contributed by atoms with E-state index in [-0.39, 0.29) is 11.9 Å². The molecule has 0 atom stereocenters. The number of carbonyl (C=O) groups is 1. The summed E-state index contributed by atoms with van der Waals surface area (Å²) in [7, 11) is 2.00. The highest BCUT2D eigenvalue weighted by Gasteiger charge is 1.95. The van der Waals surface area contributed by atoms with Gasteiger partial charge in [0.2, 0.25) is 5.91 Å². The van der Waals surface area contributed by atoms with Crippen LogP contribution in [0.1, 0.15) is 13.8 Å². The second kappa shape index (κ2) is 6.42. The molecule has 0 radical (unpaired) electrons. The van der Waals surface area contributed by atoms with Crippen LogP contribution < -0.4 is 11.1 Å². The van der Waals surface area contributed by atoms with E-state index in [0.717, 1.165) is 13.1 Å². The van der Waals surface area contributed by atoms with E-state index >= 15 is 0 Å². The van der Waals surface area contributed by atoms with Crippen molar-refractivity contribution in [1.29, 1.82) is 0 Å². The zero-order valence-electron chi connectivity index (χ0n) is 8.50. The van der Waals surface area contributed by atoms with Gasteiger partial charge in [0.25, 0.3) is 0 Å². The first-order valence-corrected chi connectivity index (χ1v) is 4.32. The zero-order chi connectivity index (χ0) is 10.3. The number of amides is 1. The van der Waals surface area contributed by atoms with Crippen LogP contribution in [0.4, 0.5) is 0 Å². The second-order valence-corrected chi connectivity index (χ2v) is 2.84. The lowest BCUT2D eigenvalue weighted by atomic mass is 10.5. The first-order valence-electron chi connectivity index (χ1n) is 4.32. The topological polar surface area (TPSA) is 70.7 Å². The van der Waals surface area contributed by atoms with Crippen LogP contribution in [0, 0.1) is 0 Å². The van der Waals surface area contributed by atoms with E-state index in [2.05, 4.69) is 22.1 Å². The second-order valence-electron chi connectivity index (χ2n) is 2.84. The van der Waals surface area contributed by atoms with Crippen LogP contribution in [0.3, 0.4) is 0 Å². The Morgan fingerprint density at radius 1 is 1.62 bits per heavy atom. The SMILES string of the molecule is CCN(C)CCN=C(N)NC(C)=O. The maximum absolute atomic E-state index is 10.5. The van der Waals surface area contributed by atoms with Gasteiger partial charge in [0.05, 0.1) is 6.54 Å². The Morgan fingerprint density at radius 3 is 2.69 bits per heavy atom. The van der Waals surface area contributed by atoms with E-state index in [0.29, 0.717) is 6.54 Å². The van der Waals surface area contributed by atoms with E-state index < -0.39 is 0 Å². The average Bonchev–Trinajstić information content (AvgIpc) is 2.02. The van der Waals surface area contributed by atoms with Gasteiger partial charge in [0.15, 0.2) is 5.96 Å². The zero-order valence-corrected chi connectivity index (χ0v) is 8.50. The quantitative estimate of drug-likeness (QED) is 0.454. The van der Waals surface area contributed by atoms with E-state index in [4.69, 9.17) is 5.73 Å². The van der Waals surface area contributed by atoms with Crippen LogP contribution >= 0.6 is 0 Å². The molecule has 0 aliphatic carbocycles. The molecule has 0 spiro atoms. The smallest absolute Gasteiger partial charge is 0.223 e. The fourth-order valence-electron chi connectivity index (χ4n) is 0.719. The number of carbonyl (C=O) groups excluding carboxylic acids is 1. The lowest BCUT2D eigenvalue weighted by molar-refractivity contribution is -0.117.